The molecule has 0 bridgehead atoms. The van der Waals surface area contributed by atoms with E-state index >= 15 is 0 Å². The monoisotopic (exact) mass is 203 g/mol. The zero-order valence-electron chi connectivity index (χ0n) is 8.40. The molecule has 0 radical (unpaired) electrons. The first-order valence-corrected chi connectivity index (χ1v) is 4.75. The molecule has 0 aromatic heterocycles. The van der Waals surface area contributed by atoms with Crippen LogP contribution >= 0.6 is 0 Å². The number of rotatable bonds is 5. The lowest BCUT2D eigenvalue weighted by Gasteiger charge is -2.14. The molecular formula is C9H17NO4. The van der Waals surface area contributed by atoms with E-state index in [4.69, 9.17) is 19.9 Å². The summed E-state index contributed by atoms with van der Waals surface area (Å²) < 4.78 is 15.0. The van der Waals surface area contributed by atoms with Crippen molar-refractivity contribution < 1.29 is 19.0 Å². The Labute approximate surface area is 83.5 Å². The van der Waals surface area contributed by atoms with Gasteiger partial charge in [-0.2, -0.15) is 0 Å². The number of carbonyl (C=O) groups excluding carboxylic acids is 1. The van der Waals surface area contributed by atoms with Gasteiger partial charge in [0, 0.05) is 26.2 Å². The average Bonchev–Trinajstić information content (AvgIpc) is 2.69. The molecule has 2 unspecified atom stereocenters. The molecule has 0 amide bonds. The van der Waals surface area contributed by atoms with Crippen LogP contribution in [0.5, 0.6) is 0 Å². The minimum atomic E-state index is -0.641. The van der Waals surface area contributed by atoms with E-state index in [9.17, 15) is 4.79 Å². The normalized spacial score (nSPS) is 23.4. The van der Waals surface area contributed by atoms with E-state index in [1.165, 1.54) is 7.11 Å². The van der Waals surface area contributed by atoms with Gasteiger partial charge in [-0.15, -0.1) is 0 Å². The van der Waals surface area contributed by atoms with Crippen LogP contribution < -0.4 is 5.73 Å². The van der Waals surface area contributed by atoms with E-state index in [0.29, 0.717) is 19.1 Å². The topological polar surface area (TPSA) is 70.8 Å². The molecule has 1 heterocycles. The van der Waals surface area contributed by atoms with Crippen molar-refractivity contribution in [2.45, 2.75) is 12.5 Å². The molecule has 82 valence electrons. The van der Waals surface area contributed by atoms with Crippen LogP contribution in [-0.4, -0.2) is 45.5 Å². The van der Waals surface area contributed by atoms with Gasteiger partial charge in [-0.25, -0.2) is 4.79 Å². The predicted octanol–water partition coefficient (Wildman–Crippen LogP) is -0.460. The molecule has 0 aliphatic carbocycles. The van der Waals surface area contributed by atoms with Crippen LogP contribution in [0.1, 0.15) is 6.42 Å². The summed E-state index contributed by atoms with van der Waals surface area (Å²) in [6.07, 6.45) is 0.311. The Morgan fingerprint density at radius 2 is 2.50 bits per heavy atom. The van der Waals surface area contributed by atoms with E-state index in [1.807, 2.05) is 0 Å². The van der Waals surface area contributed by atoms with Crippen LogP contribution in [-0.2, 0) is 19.0 Å². The summed E-state index contributed by atoms with van der Waals surface area (Å²) in [7, 11) is 1.44. The van der Waals surface area contributed by atoms with Crippen molar-refractivity contribution in [3.8, 4) is 0 Å². The Balaban J connectivity index is 2.18. The Morgan fingerprint density at radius 1 is 1.71 bits per heavy atom. The summed E-state index contributed by atoms with van der Waals surface area (Å²) in [6.45, 7) is 1.98. The average molecular weight is 203 g/mol. The van der Waals surface area contributed by atoms with E-state index in [-0.39, 0.29) is 12.5 Å². The molecule has 0 saturated carbocycles. The Bertz CT molecular complexity index is 176. The molecule has 1 saturated heterocycles. The third-order valence-corrected chi connectivity index (χ3v) is 2.25. The van der Waals surface area contributed by atoms with E-state index in [1.54, 1.807) is 0 Å². The summed E-state index contributed by atoms with van der Waals surface area (Å²) in [4.78, 5) is 11.3. The number of nitrogens with two attached hydrogens (primary N) is 1. The molecule has 5 heteroatoms. The number of carbonyl (C=O) groups is 1. The zero-order valence-corrected chi connectivity index (χ0v) is 8.40. The lowest BCUT2D eigenvalue weighted by molar-refractivity contribution is -0.156. The van der Waals surface area contributed by atoms with Crippen molar-refractivity contribution in [1.82, 2.24) is 0 Å². The van der Waals surface area contributed by atoms with Crippen molar-refractivity contribution in [1.29, 1.82) is 0 Å². The zero-order chi connectivity index (χ0) is 10.4. The molecule has 2 atom stereocenters. The fraction of sp³-hybridized carbons (Fsp3) is 0.889. The van der Waals surface area contributed by atoms with Crippen LogP contribution in [0.2, 0.25) is 0 Å². The third-order valence-electron chi connectivity index (χ3n) is 2.25. The van der Waals surface area contributed by atoms with Gasteiger partial charge < -0.3 is 19.9 Å². The Morgan fingerprint density at radius 3 is 3.00 bits per heavy atom. The highest BCUT2D eigenvalue weighted by atomic mass is 16.6. The summed E-state index contributed by atoms with van der Waals surface area (Å²) in [6, 6.07) is 0. The second-order valence-electron chi connectivity index (χ2n) is 3.32. The van der Waals surface area contributed by atoms with E-state index in [0.717, 1.165) is 13.0 Å². The first-order chi connectivity index (χ1) is 6.77. The maximum Gasteiger partial charge on any atom is 0.336 e. The van der Waals surface area contributed by atoms with Gasteiger partial charge in [-0.05, 0) is 6.42 Å². The van der Waals surface area contributed by atoms with Gasteiger partial charge in [-0.3, -0.25) is 0 Å². The standard InChI is InChI=1S/C9H17NO4/c1-12-8(4-10)9(11)14-6-7-2-3-13-5-7/h7-8H,2-6,10H2,1H3. The summed E-state index contributed by atoms with van der Waals surface area (Å²) in [5, 5.41) is 0. The molecular weight excluding hydrogens is 186 g/mol. The van der Waals surface area contributed by atoms with Gasteiger partial charge in [0.2, 0.25) is 0 Å². The third kappa shape index (κ3) is 3.25. The number of methoxy groups -OCH3 is 1. The molecule has 5 nitrogen and oxygen atoms in total. The highest BCUT2D eigenvalue weighted by Crippen LogP contribution is 2.12. The Kier molecular flexibility index (Phi) is 4.86. The van der Waals surface area contributed by atoms with E-state index in [2.05, 4.69) is 0 Å². The Hall–Kier alpha value is -0.650. The van der Waals surface area contributed by atoms with Crippen molar-refractivity contribution in [2.24, 2.45) is 11.7 Å². The first-order valence-electron chi connectivity index (χ1n) is 4.75. The molecule has 0 aromatic carbocycles. The molecule has 0 spiro atoms. The van der Waals surface area contributed by atoms with Gasteiger partial charge in [0.1, 0.15) is 0 Å². The molecule has 1 aliphatic rings. The number of hydrogen-bond donors (Lipinski definition) is 1. The van der Waals surface area contributed by atoms with Crippen LogP contribution in [0, 0.1) is 5.92 Å². The highest BCUT2D eigenvalue weighted by Gasteiger charge is 2.21. The van der Waals surface area contributed by atoms with Crippen molar-refractivity contribution in [3.05, 3.63) is 0 Å². The van der Waals surface area contributed by atoms with Gasteiger partial charge in [-0.1, -0.05) is 0 Å². The maximum atomic E-state index is 11.3. The quantitative estimate of drug-likeness (QED) is 0.612. The fourth-order valence-corrected chi connectivity index (χ4v) is 1.30. The van der Waals surface area contributed by atoms with Gasteiger partial charge in [0.15, 0.2) is 6.10 Å². The van der Waals surface area contributed by atoms with Crippen LogP contribution in [0.15, 0.2) is 0 Å². The van der Waals surface area contributed by atoms with Crippen LogP contribution in [0.4, 0.5) is 0 Å². The van der Waals surface area contributed by atoms with Crippen LogP contribution in [0.3, 0.4) is 0 Å². The molecule has 2 N–H and O–H groups in total. The summed E-state index contributed by atoms with van der Waals surface area (Å²) >= 11 is 0. The van der Waals surface area contributed by atoms with Gasteiger partial charge in [0.05, 0.1) is 13.2 Å². The van der Waals surface area contributed by atoms with Crippen molar-refractivity contribution in [2.75, 3.05) is 33.5 Å². The highest BCUT2D eigenvalue weighted by molar-refractivity contribution is 5.74. The molecule has 14 heavy (non-hydrogen) atoms. The number of esters is 1. The van der Waals surface area contributed by atoms with Crippen molar-refractivity contribution >= 4 is 5.97 Å². The summed E-state index contributed by atoms with van der Waals surface area (Å²) in [5.74, 6) is -0.0591. The maximum absolute atomic E-state index is 11.3. The lowest BCUT2D eigenvalue weighted by Crippen LogP contribution is -2.34. The minimum absolute atomic E-state index is 0.149. The predicted molar refractivity (Wildman–Crippen MR) is 49.7 cm³/mol. The van der Waals surface area contributed by atoms with Gasteiger partial charge in [0.25, 0.3) is 0 Å². The number of ether oxygens (including phenoxy) is 3. The largest absolute Gasteiger partial charge is 0.463 e. The first kappa shape index (κ1) is 11.4. The van der Waals surface area contributed by atoms with Gasteiger partial charge >= 0.3 is 5.97 Å². The van der Waals surface area contributed by atoms with E-state index < -0.39 is 6.10 Å². The fourth-order valence-electron chi connectivity index (χ4n) is 1.30. The molecule has 1 aliphatic heterocycles. The second-order valence-corrected chi connectivity index (χ2v) is 3.32. The smallest absolute Gasteiger partial charge is 0.336 e. The van der Waals surface area contributed by atoms with Crippen LogP contribution in [0.25, 0.3) is 0 Å². The number of hydrogen-bond acceptors (Lipinski definition) is 5. The molecule has 1 fully saturated rings. The molecule has 1 rings (SSSR count). The SMILES string of the molecule is COC(CN)C(=O)OCC1CCOC1. The van der Waals surface area contributed by atoms with Crippen molar-refractivity contribution in [3.63, 3.8) is 0 Å². The summed E-state index contributed by atoms with van der Waals surface area (Å²) in [5.41, 5.74) is 5.32. The lowest BCUT2D eigenvalue weighted by atomic mass is 10.1. The second kappa shape index (κ2) is 5.95. The minimum Gasteiger partial charge on any atom is -0.463 e. The molecule has 0 aromatic rings.